The summed E-state index contributed by atoms with van der Waals surface area (Å²) in [5, 5.41) is 11.6. The van der Waals surface area contributed by atoms with Gasteiger partial charge in [-0.1, -0.05) is 18.2 Å². The first-order chi connectivity index (χ1) is 14.7. The molecule has 9 heteroatoms. The summed E-state index contributed by atoms with van der Waals surface area (Å²) >= 11 is 0. The number of hydrogen-bond acceptors (Lipinski definition) is 7. The fraction of sp³-hybridized carbons (Fsp3) is 0.238. The molecule has 1 aromatic carbocycles. The largest absolute Gasteiger partial charge is 0.481 e. The van der Waals surface area contributed by atoms with Gasteiger partial charge in [0.1, 0.15) is 5.82 Å². The van der Waals surface area contributed by atoms with E-state index in [1.165, 1.54) is 12.1 Å². The Labute approximate surface area is 173 Å². The van der Waals surface area contributed by atoms with Crippen molar-refractivity contribution in [2.24, 2.45) is 0 Å². The van der Waals surface area contributed by atoms with Crippen LogP contribution >= 0.6 is 0 Å². The Hall–Kier alpha value is -3.75. The molecule has 3 heterocycles. The van der Waals surface area contributed by atoms with E-state index in [4.69, 9.17) is 4.74 Å². The molecule has 1 N–H and O–H groups in total. The third kappa shape index (κ3) is 4.80. The van der Waals surface area contributed by atoms with Gasteiger partial charge >= 0.3 is 0 Å². The van der Waals surface area contributed by atoms with Crippen LogP contribution in [-0.2, 0) is 4.79 Å². The molecule has 3 aromatic rings. The van der Waals surface area contributed by atoms with Crippen molar-refractivity contribution in [3.8, 4) is 5.75 Å². The van der Waals surface area contributed by atoms with Gasteiger partial charge in [-0.25, -0.2) is 9.37 Å². The van der Waals surface area contributed by atoms with Crippen LogP contribution < -0.4 is 15.0 Å². The molecule has 154 valence electrons. The molecular weight excluding hydrogens is 387 g/mol. The van der Waals surface area contributed by atoms with Crippen molar-refractivity contribution in [3.05, 3.63) is 66.6 Å². The molecule has 0 atom stereocenters. The maximum atomic E-state index is 13.6. The number of carbonyl (C=O) groups is 1. The molecule has 0 aliphatic carbocycles. The smallest absolute Gasteiger partial charge is 0.260 e. The van der Waals surface area contributed by atoms with Crippen LogP contribution in [0.1, 0.15) is 0 Å². The van der Waals surface area contributed by atoms with Gasteiger partial charge in [-0.3, -0.25) is 4.79 Å². The van der Waals surface area contributed by atoms with E-state index >= 15 is 0 Å². The number of aromatic nitrogens is 3. The van der Waals surface area contributed by atoms with Gasteiger partial charge in [-0.2, -0.15) is 0 Å². The van der Waals surface area contributed by atoms with Crippen molar-refractivity contribution < 1.29 is 13.9 Å². The second kappa shape index (κ2) is 9.17. The van der Waals surface area contributed by atoms with Crippen molar-refractivity contribution in [3.63, 3.8) is 0 Å². The second-order valence-corrected chi connectivity index (χ2v) is 6.70. The van der Waals surface area contributed by atoms with E-state index in [-0.39, 0.29) is 18.3 Å². The Kier molecular flexibility index (Phi) is 5.98. The maximum absolute atomic E-state index is 13.6. The van der Waals surface area contributed by atoms with Gasteiger partial charge in [0, 0.05) is 32.4 Å². The van der Waals surface area contributed by atoms with Crippen molar-refractivity contribution in [1.82, 2.24) is 20.1 Å². The summed E-state index contributed by atoms with van der Waals surface area (Å²) in [4.78, 5) is 20.3. The predicted molar refractivity (Wildman–Crippen MR) is 110 cm³/mol. The number of piperazine rings is 1. The van der Waals surface area contributed by atoms with Crippen LogP contribution in [-0.4, -0.2) is 58.8 Å². The number of benzene rings is 1. The van der Waals surface area contributed by atoms with Gasteiger partial charge in [0.2, 0.25) is 0 Å². The lowest BCUT2D eigenvalue weighted by atomic mass is 10.3. The zero-order valence-electron chi connectivity index (χ0n) is 16.2. The Morgan fingerprint density at radius 2 is 1.77 bits per heavy atom. The SMILES string of the molecule is O=C(COc1ccccc1F)N1CCN(c2ccc(Nc3ccccn3)nn2)CC1. The van der Waals surface area contributed by atoms with Gasteiger partial charge < -0.3 is 19.9 Å². The minimum absolute atomic E-state index is 0.0826. The summed E-state index contributed by atoms with van der Waals surface area (Å²) in [5.74, 6) is 1.49. The van der Waals surface area contributed by atoms with Gasteiger partial charge in [0.05, 0.1) is 0 Å². The van der Waals surface area contributed by atoms with Crippen LogP contribution in [0.4, 0.5) is 21.8 Å². The fourth-order valence-corrected chi connectivity index (χ4v) is 3.11. The predicted octanol–water partition coefficient (Wildman–Crippen LogP) is 2.48. The molecule has 1 fully saturated rings. The average Bonchev–Trinajstić information content (AvgIpc) is 2.80. The highest BCUT2D eigenvalue weighted by Crippen LogP contribution is 2.18. The molecule has 1 aliphatic rings. The average molecular weight is 408 g/mol. The lowest BCUT2D eigenvalue weighted by molar-refractivity contribution is -0.133. The molecule has 1 saturated heterocycles. The second-order valence-electron chi connectivity index (χ2n) is 6.70. The van der Waals surface area contributed by atoms with Crippen molar-refractivity contribution in [2.75, 3.05) is 43.0 Å². The highest BCUT2D eigenvalue weighted by atomic mass is 19.1. The molecule has 0 radical (unpaired) electrons. The Balaban J connectivity index is 1.27. The normalized spacial score (nSPS) is 13.8. The molecule has 0 bridgehead atoms. The Morgan fingerprint density at radius 3 is 2.47 bits per heavy atom. The third-order valence-electron chi connectivity index (χ3n) is 4.72. The highest BCUT2D eigenvalue weighted by molar-refractivity contribution is 5.78. The summed E-state index contributed by atoms with van der Waals surface area (Å²) in [6.45, 7) is 2.15. The number of halogens is 1. The first-order valence-electron chi connectivity index (χ1n) is 9.61. The van der Waals surface area contributed by atoms with E-state index < -0.39 is 5.82 Å². The number of hydrogen-bond donors (Lipinski definition) is 1. The zero-order chi connectivity index (χ0) is 20.8. The van der Waals surface area contributed by atoms with Crippen LogP contribution in [0, 0.1) is 5.82 Å². The molecule has 0 spiro atoms. The minimum atomic E-state index is -0.477. The summed E-state index contributed by atoms with van der Waals surface area (Å²) < 4.78 is 18.9. The molecule has 2 aromatic heterocycles. The summed E-state index contributed by atoms with van der Waals surface area (Å²) in [5.41, 5.74) is 0. The number of nitrogens with zero attached hydrogens (tertiary/aromatic N) is 5. The summed E-state index contributed by atoms with van der Waals surface area (Å²) in [6.07, 6.45) is 1.70. The van der Waals surface area contributed by atoms with Crippen molar-refractivity contribution in [1.29, 1.82) is 0 Å². The van der Waals surface area contributed by atoms with E-state index in [1.807, 2.05) is 30.3 Å². The molecule has 1 amide bonds. The number of anilines is 3. The number of ether oxygens (including phenoxy) is 1. The maximum Gasteiger partial charge on any atom is 0.260 e. The topological polar surface area (TPSA) is 83.5 Å². The van der Waals surface area contributed by atoms with Crippen LogP contribution in [0.2, 0.25) is 0 Å². The molecule has 1 aliphatic heterocycles. The van der Waals surface area contributed by atoms with Gasteiger partial charge in [0.15, 0.2) is 29.8 Å². The van der Waals surface area contributed by atoms with Gasteiger partial charge in [0.25, 0.3) is 5.91 Å². The number of rotatable bonds is 6. The minimum Gasteiger partial charge on any atom is -0.481 e. The lowest BCUT2D eigenvalue weighted by Gasteiger charge is -2.35. The van der Waals surface area contributed by atoms with E-state index in [1.54, 1.807) is 23.2 Å². The van der Waals surface area contributed by atoms with Crippen LogP contribution in [0.25, 0.3) is 0 Å². The van der Waals surface area contributed by atoms with Crippen molar-refractivity contribution in [2.45, 2.75) is 0 Å². The van der Waals surface area contributed by atoms with Crippen LogP contribution in [0.15, 0.2) is 60.8 Å². The van der Waals surface area contributed by atoms with Gasteiger partial charge in [-0.05, 0) is 36.4 Å². The van der Waals surface area contributed by atoms with Crippen LogP contribution in [0.5, 0.6) is 5.75 Å². The Morgan fingerprint density at radius 1 is 0.967 bits per heavy atom. The Bertz CT molecular complexity index is 978. The van der Waals surface area contributed by atoms with Gasteiger partial charge in [-0.15, -0.1) is 10.2 Å². The van der Waals surface area contributed by atoms with E-state index in [0.29, 0.717) is 37.8 Å². The monoisotopic (exact) mass is 408 g/mol. The number of carbonyl (C=O) groups excluding carboxylic acids is 1. The standard InChI is InChI=1S/C21H21FN6O2/c22-16-5-1-2-6-17(16)30-15-21(29)28-13-11-27(12-14-28)20-9-8-19(25-26-20)24-18-7-3-4-10-23-18/h1-10H,11-15H2,(H,23,24,25). The molecule has 0 saturated carbocycles. The molecule has 8 nitrogen and oxygen atoms in total. The number of para-hydroxylation sites is 1. The molecular formula is C21H21FN6O2. The molecule has 4 rings (SSSR count). The van der Waals surface area contributed by atoms with Crippen molar-refractivity contribution >= 4 is 23.4 Å². The quantitative estimate of drug-likeness (QED) is 0.671. The summed E-state index contributed by atoms with van der Waals surface area (Å²) in [7, 11) is 0. The lowest BCUT2D eigenvalue weighted by Crippen LogP contribution is -2.50. The number of pyridine rings is 1. The number of amides is 1. The molecule has 0 unspecified atom stereocenters. The van der Waals surface area contributed by atoms with E-state index in [2.05, 4.69) is 25.4 Å². The first kappa shape index (κ1) is 19.6. The molecule has 30 heavy (non-hydrogen) atoms. The zero-order valence-corrected chi connectivity index (χ0v) is 16.2. The van der Waals surface area contributed by atoms with Crippen LogP contribution in [0.3, 0.4) is 0 Å². The number of nitrogens with one attached hydrogen (secondary N) is 1. The van der Waals surface area contributed by atoms with E-state index in [9.17, 15) is 9.18 Å². The third-order valence-corrected chi connectivity index (χ3v) is 4.72. The summed E-state index contributed by atoms with van der Waals surface area (Å²) in [6, 6.07) is 15.4. The highest BCUT2D eigenvalue weighted by Gasteiger charge is 2.22. The first-order valence-corrected chi connectivity index (χ1v) is 9.61. The van der Waals surface area contributed by atoms with E-state index in [0.717, 1.165) is 5.82 Å². The fourth-order valence-electron chi connectivity index (χ4n) is 3.11.